The topological polar surface area (TPSA) is 26.3 Å². The summed E-state index contributed by atoms with van der Waals surface area (Å²) in [6.07, 6.45) is 6.82. The Balaban J connectivity index is 1.95. The molecule has 3 aromatic carbocycles. The first-order valence-corrected chi connectivity index (χ1v) is 12.7. The van der Waals surface area contributed by atoms with E-state index in [2.05, 4.69) is 60.1 Å². The smallest absolute Gasteiger partial charge is 0.338 e. The van der Waals surface area contributed by atoms with Crippen LogP contribution in [0.3, 0.4) is 0 Å². The molecule has 0 N–H and O–H groups in total. The van der Waals surface area contributed by atoms with Gasteiger partial charge in [0.15, 0.2) is 0 Å². The number of carbonyl (C=O) groups is 1. The van der Waals surface area contributed by atoms with Crippen molar-refractivity contribution in [3.05, 3.63) is 75.8 Å². The van der Waals surface area contributed by atoms with Gasteiger partial charge >= 0.3 is 5.97 Å². The molecule has 0 amide bonds. The normalized spacial score (nSPS) is 13.5. The molecule has 0 heterocycles. The number of fused-ring (bicyclic) bond motifs is 3. The lowest BCUT2D eigenvalue weighted by Crippen LogP contribution is -2.26. The summed E-state index contributed by atoms with van der Waals surface area (Å²) in [5.41, 5.74) is 8.58. The van der Waals surface area contributed by atoms with Gasteiger partial charge in [0.25, 0.3) is 0 Å². The van der Waals surface area contributed by atoms with E-state index < -0.39 is 0 Å². The lowest BCUT2D eigenvalue weighted by atomic mass is 9.69. The molecule has 0 fully saturated rings. The van der Waals surface area contributed by atoms with Crippen molar-refractivity contribution < 1.29 is 9.53 Å². The van der Waals surface area contributed by atoms with Crippen LogP contribution < -0.4 is 5.46 Å². The second-order valence-electron chi connectivity index (χ2n) is 9.04. The molecule has 33 heavy (non-hydrogen) atoms. The molecule has 4 heteroatoms. The molecular formula is C29H30BBrO2. The second-order valence-corrected chi connectivity index (χ2v) is 9.95. The number of unbranched alkanes of at least 4 members (excludes halogenated alkanes) is 2. The number of ether oxygens (including phenoxy) is 1. The van der Waals surface area contributed by atoms with Gasteiger partial charge in [0.2, 0.25) is 0 Å². The standard InChI is InChI=1S/C29H30BBrO2/c1-4-6-14-29(15-7-5-2)26-16-19(22-13-10-21(31)18-25(22)28(32)33-3)8-11-23(26)24-12-9-20(30)17-27(24)29/h8-13,16-18H,4-7,14-15H2,1-3H3. The molecule has 2 radical (unpaired) electrons. The molecule has 0 unspecified atom stereocenters. The highest BCUT2D eigenvalue weighted by molar-refractivity contribution is 9.10. The SMILES string of the molecule is [B]c1ccc2c(c1)C(CCCC)(CCCC)c1cc(-c3ccc(Br)cc3C(=O)OC)ccc1-2. The van der Waals surface area contributed by atoms with Gasteiger partial charge in [-0.1, -0.05) is 97.3 Å². The minimum absolute atomic E-state index is 0.0527. The number of hydrogen-bond donors (Lipinski definition) is 0. The Morgan fingerprint density at radius 2 is 1.48 bits per heavy atom. The van der Waals surface area contributed by atoms with Crippen molar-refractivity contribution in [1.29, 1.82) is 0 Å². The van der Waals surface area contributed by atoms with Crippen molar-refractivity contribution in [3.8, 4) is 22.3 Å². The van der Waals surface area contributed by atoms with Crippen LogP contribution in [-0.2, 0) is 10.2 Å². The zero-order valence-corrected chi connectivity index (χ0v) is 21.3. The Hall–Kier alpha value is -2.33. The van der Waals surface area contributed by atoms with E-state index in [-0.39, 0.29) is 11.4 Å². The Morgan fingerprint density at radius 1 is 0.879 bits per heavy atom. The third-order valence-corrected chi connectivity index (χ3v) is 7.49. The molecular weight excluding hydrogens is 471 g/mol. The molecule has 0 saturated carbocycles. The van der Waals surface area contributed by atoms with Crippen LogP contribution in [0.4, 0.5) is 0 Å². The fourth-order valence-electron chi connectivity index (χ4n) is 5.35. The first-order chi connectivity index (χ1) is 15.9. The number of methoxy groups -OCH3 is 1. The van der Waals surface area contributed by atoms with Crippen LogP contribution in [-0.4, -0.2) is 20.9 Å². The monoisotopic (exact) mass is 500 g/mol. The van der Waals surface area contributed by atoms with Gasteiger partial charge in [0, 0.05) is 9.89 Å². The number of hydrogen-bond acceptors (Lipinski definition) is 2. The zero-order chi connectivity index (χ0) is 23.6. The Labute approximate surface area is 207 Å². The van der Waals surface area contributed by atoms with Crippen molar-refractivity contribution in [1.82, 2.24) is 0 Å². The Bertz CT molecular complexity index is 1180. The fraction of sp³-hybridized carbons (Fsp3) is 0.345. The van der Waals surface area contributed by atoms with Crippen LogP contribution in [0.1, 0.15) is 73.9 Å². The fourth-order valence-corrected chi connectivity index (χ4v) is 5.71. The second kappa shape index (κ2) is 9.89. The summed E-state index contributed by atoms with van der Waals surface area (Å²) < 4.78 is 5.94. The van der Waals surface area contributed by atoms with E-state index >= 15 is 0 Å². The summed E-state index contributed by atoms with van der Waals surface area (Å²) in [6, 6.07) is 18.9. The van der Waals surface area contributed by atoms with Crippen LogP contribution in [0.5, 0.6) is 0 Å². The highest BCUT2D eigenvalue weighted by Crippen LogP contribution is 2.54. The van der Waals surface area contributed by atoms with Gasteiger partial charge in [-0.2, -0.15) is 0 Å². The minimum Gasteiger partial charge on any atom is -0.465 e. The molecule has 0 spiro atoms. The van der Waals surface area contributed by atoms with Gasteiger partial charge in [0.1, 0.15) is 7.85 Å². The van der Waals surface area contributed by atoms with Crippen LogP contribution in [0, 0.1) is 0 Å². The quantitative estimate of drug-likeness (QED) is 0.239. The van der Waals surface area contributed by atoms with Gasteiger partial charge in [-0.15, -0.1) is 0 Å². The summed E-state index contributed by atoms with van der Waals surface area (Å²) in [6.45, 7) is 4.51. The number of halogens is 1. The van der Waals surface area contributed by atoms with Gasteiger partial charge in [-0.05, 0) is 64.4 Å². The molecule has 0 aromatic heterocycles. The largest absolute Gasteiger partial charge is 0.465 e. The highest BCUT2D eigenvalue weighted by atomic mass is 79.9. The number of carbonyl (C=O) groups excluding carboxylic acids is 1. The molecule has 1 aliphatic carbocycles. The molecule has 2 nitrogen and oxygen atoms in total. The Kier molecular flexibility index (Phi) is 7.14. The molecule has 4 rings (SSSR count). The molecule has 0 aliphatic heterocycles. The maximum atomic E-state index is 12.6. The van der Waals surface area contributed by atoms with E-state index in [0.29, 0.717) is 5.56 Å². The van der Waals surface area contributed by atoms with E-state index in [1.807, 2.05) is 24.3 Å². The molecule has 1 aliphatic rings. The highest BCUT2D eigenvalue weighted by Gasteiger charge is 2.42. The summed E-state index contributed by atoms with van der Waals surface area (Å²) >= 11 is 3.50. The van der Waals surface area contributed by atoms with Crippen molar-refractivity contribution >= 4 is 35.2 Å². The van der Waals surface area contributed by atoms with Crippen molar-refractivity contribution in [3.63, 3.8) is 0 Å². The van der Waals surface area contributed by atoms with E-state index in [0.717, 1.165) is 59.6 Å². The first kappa shape index (κ1) is 23.8. The van der Waals surface area contributed by atoms with Gasteiger partial charge < -0.3 is 4.74 Å². The zero-order valence-electron chi connectivity index (χ0n) is 19.7. The van der Waals surface area contributed by atoms with Crippen LogP contribution in [0.2, 0.25) is 0 Å². The third-order valence-electron chi connectivity index (χ3n) is 7.00. The molecule has 0 bridgehead atoms. The van der Waals surface area contributed by atoms with Crippen molar-refractivity contribution in [2.75, 3.05) is 7.11 Å². The Morgan fingerprint density at radius 3 is 2.12 bits per heavy atom. The minimum atomic E-state index is -0.328. The third kappa shape index (κ3) is 4.30. The van der Waals surface area contributed by atoms with Crippen molar-refractivity contribution in [2.45, 2.75) is 57.8 Å². The molecule has 3 aromatic rings. The lowest BCUT2D eigenvalue weighted by Gasteiger charge is -2.33. The van der Waals surface area contributed by atoms with Gasteiger partial charge in [-0.25, -0.2) is 4.79 Å². The van der Waals surface area contributed by atoms with Crippen LogP contribution in [0.15, 0.2) is 59.1 Å². The lowest BCUT2D eigenvalue weighted by molar-refractivity contribution is 0.0601. The van der Waals surface area contributed by atoms with Crippen LogP contribution in [0.25, 0.3) is 22.3 Å². The van der Waals surface area contributed by atoms with E-state index in [1.54, 1.807) is 0 Å². The van der Waals surface area contributed by atoms with Crippen LogP contribution >= 0.6 is 15.9 Å². The molecule has 0 atom stereocenters. The number of benzene rings is 3. The molecule has 0 saturated heterocycles. The average molecular weight is 501 g/mol. The first-order valence-electron chi connectivity index (χ1n) is 11.9. The summed E-state index contributed by atoms with van der Waals surface area (Å²) in [5, 5.41) is 0. The van der Waals surface area contributed by atoms with E-state index in [1.165, 1.54) is 29.4 Å². The summed E-state index contributed by atoms with van der Waals surface area (Å²) in [5.74, 6) is -0.328. The maximum Gasteiger partial charge on any atom is 0.338 e. The number of esters is 1. The average Bonchev–Trinajstić information content (AvgIpc) is 3.09. The maximum absolute atomic E-state index is 12.6. The van der Waals surface area contributed by atoms with E-state index in [9.17, 15) is 4.79 Å². The van der Waals surface area contributed by atoms with Gasteiger partial charge in [0.05, 0.1) is 12.7 Å². The van der Waals surface area contributed by atoms with Crippen molar-refractivity contribution in [2.24, 2.45) is 0 Å². The van der Waals surface area contributed by atoms with Gasteiger partial charge in [-0.3, -0.25) is 0 Å². The number of rotatable bonds is 8. The summed E-state index contributed by atoms with van der Waals surface area (Å²) in [4.78, 5) is 12.6. The predicted octanol–water partition coefficient (Wildman–Crippen LogP) is 7.34. The summed E-state index contributed by atoms with van der Waals surface area (Å²) in [7, 11) is 7.72. The van der Waals surface area contributed by atoms with E-state index in [4.69, 9.17) is 12.6 Å². The molecule has 168 valence electrons. The predicted molar refractivity (Wildman–Crippen MR) is 142 cm³/mol.